The van der Waals surface area contributed by atoms with Crippen LogP contribution in [0.3, 0.4) is 0 Å². The molecule has 0 saturated carbocycles. The molecule has 2 aromatic carbocycles. The van der Waals surface area contributed by atoms with Gasteiger partial charge in [-0.15, -0.1) is 0 Å². The molecule has 2 heterocycles. The Bertz CT molecular complexity index is 1020. The SMILES string of the molecule is CCCc1ccc2c(c1)[C@H]1O[C@@H](COc3ccc(C(C)(C)C)cc3)[C@@H](C(=O)O)C[C@@H]1C(C)(C)O2. The average molecular weight is 467 g/mol. The Morgan fingerprint density at radius 1 is 1.15 bits per heavy atom. The third kappa shape index (κ3) is 4.95. The molecule has 0 bridgehead atoms. The van der Waals surface area contributed by atoms with Crippen LogP contribution in [-0.2, 0) is 21.4 Å². The molecule has 34 heavy (non-hydrogen) atoms. The van der Waals surface area contributed by atoms with E-state index in [4.69, 9.17) is 14.2 Å². The minimum Gasteiger partial charge on any atom is -0.491 e. The van der Waals surface area contributed by atoms with Crippen LogP contribution in [0.5, 0.6) is 11.5 Å². The number of ether oxygens (including phenoxy) is 3. The van der Waals surface area contributed by atoms with Crippen molar-refractivity contribution < 1.29 is 24.1 Å². The van der Waals surface area contributed by atoms with Gasteiger partial charge < -0.3 is 19.3 Å². The summed E-state index contributed by atoms with van der Waals surface area (Å²) >= 11 is 0. The zero-order valence-electron chi connectivity index (χ0n) is 21.3. The maximum absolute atomic E-state index is 12.2. The van der Waals surface area contributed by atoms with E-state index >= 15 is 0 Å². The van der Waals surface area contributed by atoms with Crippen LogP contribution in [0, 0.1) is 11.8 Å². The van der Waals surface area contributed by atoms with Crippen LogP contribution in [0.2, 0.25) is 0 Å². The van der Waals surface area contributed by atoms with Gasteiger partial charge in [0.2, 0.25) is 0 Å². The Morgan fingerprint density at radius 3 is 2.47 bits per heavy atom. The summed E-state index contributed by atoms with van der Waals surface area (Å²) < 4.78 is 19.0. The van der Waals surface area contributed by atoms with E-state index in [1.54, 1.807) is 0 Å². The van der Waals surface area contributed by atoms with Crippen LogP contribution in [0.15, 0.2) is 42.5 Å². The number of carboxylic acid groups (broad SMARTS) is 1. The summed E-state index contributed by atoms with van der Waals surface area (Å²) in [6, 6.07) is 14.4. The van der Waals surface area contributed by atoms with E-state index in [0.717, 1.165) is 29.9 Å². The zero-order chi connectivity index (χ0) is 24.7. The molecule has 0 amide bonds. The Morgan fingerprint density at radius 2 is 1.85 bits per heavy atom. The fourth-order valence-electron chi connectivity index (χ4n) is 5.23. The standard InChI is InChI=1S/C29H38O5/c1-7-8-18-9-14-24-21(15-18)26-23(29(5,6)34-24)16-22(27(30)31)25(33-26)17-32-20-12-10-19(11-13-20)28(2,3)4/h9-15,22-23,25-26H,7-8,16-17H2,1-6H3,(H,30,31)/t22-,23-,25-,26+/m0/s1. The van der Waals surface area contributed by atoms with Gasteiger partial charge in [-0.1, -0.05) is 52.3 Å². The van der Waals surface area contributed by atoms with Crippen LogP contribution >= 0.6 is 0 Å². The molecule has 2 aliphatic rings. The Labute approximate surface area is 203 Å². The number of fused-ring (bicyclic) bond motifs is 3. The van der Waals surface area contributed by atoms with Crippen molar-refractivity contribution in [1.82, 2.24) is 0 Å². The van der Waals surface area contributed by atoms with E-state index in [0.29, 0.717) is 6.42 Å². The molecule has 1 N–H and O–H groups in total. The monoisotopic (exact) mass is 466 g/mol. The molecule has 0 unspecified atom stereocenters. The maximum Gasteiger partial charge on any atom is 0.309 e. The number of aliphatic carboxylic acids is 1. The molecule has 1 saturated heterocycles. The van der Waals surface area contributed by atoms with Crippen molar-refractivity contribution in [2.75, 3.05) is 6.61 Å². The Balaban J connectivity index is 1.58. The van der Waals surface area contributed by atoms with Crippen molar-refractivity contribution >= 4 is 5.97 Å². The molecule has 4 rings (SSSR count). The fourth-order valence-corrected chi connectivity index (χ4v) is 5.23. The largest absolute Gasteiger partial charge is 0.491 e. The van der Waals surface area contributed by atoms with Gasteiger partial charge in [-0.25, -0.2) is 0 Å². The summed E-state index contributed by atoms with van der Waals surface area (Å²) in [7, 11) is 0. The van der Waals surface area contributed by atoms with E-state index in [1.807, 2.05) is 32.0 Å². The zero-order valence-corrected chi connectivity index (χ0v) is 21.3. The highest BCUT2D eigenvalue weighted by Gasteiger charge is 2.52. The van der Waals surface area contributed by atoms with Crippen molar-refractivity contribution in [3.8, 4) is 11.5 Å². The number of hydrogen-bond acceptors (Lipinski definition) is 4. The molecule has 0 radical (unpaired) electrons. The highest BCUT2D eigenvalue weighted by Crippen LogP contribution is 2.52. The van der Waals surface area contributed by atoms with Gasteiger partial charge in [0.25, 0.3) is 0 Å². The minimum absolute atomic E-state index is 0.0553. The number of hydrogen-bond donors (Lipinski definition) is 1. The molecule has 5 nitrogen and oxygen atoms in total. The first kappa shape index (κ1) is 24.6. The summed E-state index contributed by atoms with van der Waals surface area (Å²) in [5, 5.41) is 10.0. The smallest absolute Gasteiger partial charge is 0.309 e. The molecular weight excluding hydrogens is 428 g/mol. The molecular formula is C29H38O5. The molecule has 4 atom stereocenters. The van der Waals surface area contributed by atoms with Gasteiger partial charge >= 0.3 is 5.97 Å². The third-order valence-electron chi connectivity index (χ3n) is 7.28. The molecule has 184 valence electrons. The van der Waals surface area contributed by atoms with Crippen molar-refractivity contribution in [2.24, 2.45) is 11.8 Å². The molecule has 0 aromatic heterocycles. The van der Waals surface area contributed by atoms with Gasteiger partial charge in [0.15, 0.2) is 0 Å². The Kier molecular flexibility index (Phi) is 6.69. The van der Waals surface area contributed by atoms with Crippen molar-refractivity contribution in [3.05, 3.63) is 59.2 Å². The predicted molar refractivity (Wildman–Crippen MR) is 133 cm³/mol. The second-order valence-corrected chi connectivity index (χ2v) is 11.3. The fraction of sp³-hybridized carbons (Fsp3) is 0.552. The number of benzene rings is 2. The number of aryl methyl sites for hydroxylation is 1. The molecule has 0 spiro atoms. The normalized spacial score (nSPS) is 25.6. The lowest BCUT2D eigenvalue weighted by Gasteiger charge is -2.50. The van der Waals surface area contributed by atoms with Crippen molar-refractivity contribution in [3.63, 3.8) is 0 Å². The minimum atomic E-state index is -0.850. The van der Waals surface area contributed by atoms with Gasteiger partial charge in [0, 0.05) is 11.5 Å². The van der Waals surface area contributed by atoms with E-state index in [9.17, 15) is 9.90 Å². The van der Waals surface area contributed by atoms with E-state index in [1.165, 1.54) is 11.1 Å². The summed E-state index contributed by atoms with van der Waals surface area (Å²) in [5.41, 5.74) is 3.04. The maximum atomic E-state index is 12.2. The first-order chi connectivity index (χ1) is 16.0. The van der Waals surface area contributed by atoms with Gasteiger partial charge in [-0.3, -0.25) is 4.79 Å². The molecule has 1 fully saturated rings. The van der Waals surface area contributed by atoms with Gasteiger partial charge in [0.05, 0.1) is 12.0 Å². The first-order valence-electron chi connectivity index (χ1n) is 12.4. The van der Waals surface area contributed by atoms with Crippen LogP contribution in [0.1, 0.15) is 77.2 Å². The molecule has 0 aliphatic carbocycles. The van der Waals surface area contributed by atoms with Gasteiger partial charge in [-0.05, 0) is 67.5 Å². The van der Waals surface area contributed by atoms with Crippen LogP contribution in [0.25, 0.3) is 0 Å². The molecule has 2 aliphatic heterocycles. The summed E-state index contributed by atoms with van der Waals surface area (Å²) in [4.78, 5) is 12.2. The van der Waals surface area contributed by atoms with Gasteiger partial charge in [-0.2, -0.15) is 0 Å². The lowest BCUT2D eigenvalue weighted by Crippen LogP contribution is -2.53. The topological polar surface area (TPSA) is 65.0 Å². The van der Waals surface area contributed by atoms with Crippen molar-refractivity contribution in [1.29, 1.82) is 0 Å². The number of rotatable bonds is 6. The lowest BCUT2D eigenvalue weighted by atomic mass is 9.71. The first-order valence-corrected chi connectivity index (χ1v) is 12.4. The highest BCUT2D eigenvalue weighted by atomic mass is 16.6. The average Bonchev–Trinajstić information content (AvgIpc) is 2.77. The predicted octanol–water partition coefficient (Wildman–Crippen LogP) is 6.33. The second kappa shape index (κ2) is 9.26. The number of carboxylic acids is 1. The third-order valence-corrected chi connectivity index (χ3v) is 7.28. The summed E-state index contributed by atoms with van der Waals surface area (Å²) in [6.45, 7) is 12.9. The van der Waals surface area contributed by atoms with E-state index in [2.05, 4.69) is 52.0 Å². The van der Waals surface area contributed by atoms with Crippen LogP contribution in [-0.4, -0.2) is 29.4 Å². The lowest BCUT2D eigenvalue weighted by molar-refractivity contribution is -0.192. The quantitative estimate of drug-likeness (QED) is 0.539. The number of carbonyl (C=O) groups is 1. The highest BCUT2D eigenvalue weighted by molar-refractivity contribution is 5.71. The summed E-state index contributed by atoms with van der Waals surface area (Å²) in [5.74, 6) is -0.00628. The van der Waals surface area contributed by atoms with Gasteiger partial charge in [0.1, 0.15) is 29.8 Å². The van der Waals surface area contributed by atoms with Crippen LogP contribution in [0.4, 0.5) is 0 Å². The Hall–Kier alpha value is -2.53. The molecule has 5 heteroatoms. The second-order valence-electron chi connectivity index (χ2n) is 11.3. The van der Waals surface area contributed by atoms with Crippen molar-refractivity contribution in [2.45, 2.75) is 84.0 Å². The van der Waals surface area contributed by atoms with Crippen LogP contribution < -0.4 is 9.47 Å². The van der Waals surface area contributed by atoms with E-state index in [-0.39, 0.29) is 24.0 Å². The summed E-state index contributed by atoms with van der Waals surface area (Å²) in [6.07, 6.45) is 1.77. The molecule has 2 aromatic rings. The van der Waals surface area contributed by atoms with E-state index < -0.39 is 23.6 Å².